The number of nitrogens with one attached hydrogen (secondary N) is 1. The third-order valence-corrected chi connectivity index (χ3v) is 2.78. The summed E-state index contributed by atoms with van der Waals surface area (Å²) in [5, 5.41) is 3.28. The van der Waals surface area contributed by atoms with Gasteiger partial charge in [0, 0.05) is 24.5 Å². The molecule has 0 aliphatic carbocycles. The van der Waals surface area contributed by atoms with Gasteiger partial charge < -0.3 is 20.2 Å². The Hall–Kier alpha value is -1.84. The molecular weight excluding hydrogens is 202 g/mol. The van der Waals surface area contributed by atoms with Gasteiger partial charge >= 0.3 is 0 Å². The van der Waals surface area contributed by atoms with Crippen LogP contribution in [0, 0.1) is 6.92 Å². The first kappa shape index (κ1) is 10.7. The Kier molecular flexibility index (Phi) is 2.64. The maximum Gasteiger partial charge on any atom is 0.122 e. The van der Waals surface area contributed by atoms with Crippen LogP contribution in [0.3, 0.4) is 0 Å². The molecule has 2 aromatic heterocycles. The number of fused-ring (bicyclic) bond motifs is 1. The Labute approximate surface area is 95.0 Å². The second-order valence-electron chi connectivity index (χ2n) is 3.73. The highest BCUT2D eigenvalue weighted by Gasteiger charge is 2.12. The van der Waals surface area contributed by atoms with E-state index in [0.29, 0.717) is 0 Å². The average molecular weight is 219 g/mol. The van der Waals surface area contributed by atoms with Gasteiger partial charge in [0.1, 0.15) is 5.75 Å². The van der Waals surface area contributed by atoms with Crippen molar-refractivity contribution in [2.75, 3.05) is 24.7 Å². The average Bonchev–Trinajstić information content (AvgIpc) is 2.54. The lowest BCUT2D eigenvalue weighted by Crippen LogP contribution is -1.99. The summed E-state index contributed by atoms with van der Waals surface area (Å²) in [5.74, 6) is 0.819. The highest BCUT2D eigenvalue weighted by Crippen LogP contribution is 2.32. The summed E-state index contributed by atoms with van der Waals surface area (Å²) in [4.78, 5) is 0. The van der Waals surface area contributed by atoms with Gasteiger partial charge in [-0.1, -0.05) is 0 Å². The van der Waals surface area contributed by atoms with Crippen LogP contribution in [0.2, 0.25) is 0 Å². The molecule has 0 aliphatic rings. The van der Waals surface area contributed by atoms with E-state index >= 15 is 0 Å². The second kappa shape index (κ2) is 3.96. The molecule has 86 valence electrons. The molecule has 0 aliphatic heterocycles. The SMILES string of the molecule is CCNc1c(N)c2cc(OC)ccn2c1C. The smallest absolute Gasteiger partial charge is 0.122 e. The number of ether oxygens (including phenoxy) is 1. The number of nitrogens with two attached hydrogens (primary N) is 1. The molecule has 0 saturated heterocycles. The molecule has 0 spiro atoms. The Bertz CT molecular complexity index is 516. The minimum absolute atomic E-state index is 0.776. The van der Waals surface area contributed by atoms with E-state index in [1.807, 2.05) is 25.3 Å². The third kappa shape index (κ3) is 1.46. The molecule has 4 heteroatoms. The molecule has 16 heavy (non-hydrogen) atoms. The Morgan fingerprint density at radius 3 is 2.88 bits per heavy atom. The Morgan fingerprint density at radius 2 is 2.25 bits per heavy atom. The van der Waals surface area contributed by atoms with Gasteiger partial charge in [0.15, 0.2) is 0 Å². The van der Waals surface area contributed by atoms with Crippen LogP contribution >= 0.6 is 0 Å². The maximum atomic E-state index is 6.11. The highest BCUT2D eigenvalue weighted by atomic mass is 16.5. The number of anilines is 2. The number of methoxy groups -OCH3 is 1. The van der Waals surface area contributed by atoms with E-state index in [1.54, 1.807) is 7.11 Å². The van der Waals surface area contributed by atoms with E-state index in [1.165, 1.54) is 0 Å². The fourth-order valence-electron chi connectivity index (χ4n) is 1.95. The van der Waals surface area contributed by atoms with Gasteiger partial charge in [-0.05, 0) is 19.9 Å². The van der Waals surface area contributed by atoms with Crippen molar-refractivity contribution in [3.63, 3.8) is 0 Å². The van der Waals surface area contributed by atoms with Crippen molar-refractivity contribution in [2.24, 2.45) is 0 Å². The zero-order valence-corrected chi connectivity index (χ0v) is 9.87. The number of nitrogen functional groups attached to an aromatic ring is 1. The van der Waals surface area contributed by atoms with Gasteiger partial charge in [0.25, 0.3) is 0 Å². The lowest BCUT2D eigenvalue weighted by molar-refractivity contribution is 0.414. The summed E-state index contributed by atoms with van der Waals surface area (Å²) in [7, 11) is 1.66. The van der Waals surface area contributed by atoms with E-state index in [2.05, 4.69) is 16.6 Å². The predicted molar refractivity (Wildman–Crippen MR) is 67.3 cm³/mol. The molecule has 4 nitrogen and oxygen atoms in total. The number of aryl methyl sites for hydroxylation is 1. The van der Waals surface area contributed by atoms with E-state index in [-0.39, 0.29) is 0 Å². The van der Waals surface area contributed by atoms with Crippen LogP contribution < -0.4 is 15.8 Å². The van der Waals surface area contributed by atoms with Crippen LogP contribution in [0.15, 0.2) is 18.3 Å². The predicted octanol–water partition coefficient (Wildman–Crippen LogP) is 2.27. The molecule has 0 fully saturated rings. The number of pyridine rings is 1. The van der Waals surface area contributed by atoms with E-state index < -0.39 is 0 Å². The van der Waals surface area contributed by atoms with Crippen LogP contribution in [0.5, 0.6) is 5.75 Å². The van der Waals surface area contributed by atoms with E-state index in [0.717, 1.165) is 34.9 Å². The van der Waals surface area contributed by atoms with Crippen molar-refractivity contribution in [3.8, 4) is 5.75 Å². The van der Waals surface area contributed by atoms with Crippen molar-refractivity contribution < 1.29 is 4.74 Å². The van der Waals surface area contributed by atoms with Crippen LogP contribution in [-0.4, -0.2) is 18.1 Å². The minimum Gasteiger partial charge on any atom is -0.497 e. The molecule has 2 heterocycles. The highest BCUT2D eigenvalue weighted by molar-refractivity contribution is 5.87. The largest absolute Gasteiger partial charge is 0.497 e. The Morgan fingerprint density at radius 1 is 1.50 bits per heavy atom. The lowest BCUT2D eigenvalue weighted by atomic mass is 10.3. The molecule has 0 unspecified atom stereocenters. The molecule has 3 N–H and O–H groups in total. The molecule has 0 saturated carbocycles. The van der Waals surface area contributed by atoms with Crippen LogP contribution in [0.25, 0.3) is 5.52 Å². The van der Waals surface area contributed by atoms with E-state index in [4.69, 9.17) is 10.5 Å². The summed E-state index contributed by atoms with van der Waals surface area (Å²) in [6.45, 7) is 4.97. The molecular formula is C12H17N3O. The monoisotopic (exact) mass is 219 g/mol. The molecule has 0 atom stereocenters. The fraction of sp³-hybridized carbons (Fsp3) is 0.333. The fourth-order valence-corrected chi connectivity index (χ4v) is 1.95. The van der Waals surface area contributed by atoms with Gasteiger partial charge in [-0.3, -0.25) is 0 Å². The van der Waals surface area contributed by atoms with Gasteiger partial charge in [0.05, 0.1) is 24.0 Å². The maximum absolute atomic E-state index is 6.11. The molecule has 2 rings (SSSR count). The van der Waals surface area contributed by atoms with Crippen molar-refractivity contribution >= 4 is 16.9 Å². The van der Waals surface area contributed by atoms with Crippen molar-refractivity contribution in [3.05, 3.63) is 24.0 Å². The quantitative estimate of drug-likeness (QED) is 0.832. The number of nitrogens with zero attached hydrogens (tertiary/aromatic N) is 1. The summed E-state index contributed by atoms with van der Waals surface area (Å²) in [6, 6.07) is 3.87. The first-order chi connectivity index (χ1) is 7.69. The van der Waals surface area contributed by atoms with Gasteiger partial charge in [-0.15, -0.1) is 0 Å². The molecule has 0 radical (unpaired) electrons. The molecule has 0 aromatic carbocycles. The minimum atomic E-state index is 0.776. The summed E-state index contributed by atoms with van der Waals surface area (Å²) in [5.41, 5.74) is 10.00. The summed E-state index contributed by atoms with van der Waals surface area (Å²) in [6.07, 6.45) is 1.97. The van der Waals surface area contributed by atoms with Gasteiger partial charge in [-0.2, -0.15) is 0 Å². The normalized spacial score (nSPS) is 10.7. The van der Waals surface area contributed by atoms with Gasteiger partial charge in [0.2, 0.25) is 0 Å². The Balaban J connectivity index is 2.67. The third-order valence-electron chi connectivity index (χ3n) is 2.78. The molecule has 0 bridgehead atoms. The number of hydrogen-bond acceptors (Lipinski definition) is 3. The first-order valence-corrected chi connectivity index (χ1v) is 5.37. The van der Waals surface area contributed by atoms with Crippen LogP contribution in [0.4, 0.5) is 11.4 Å². The van der Waals surface area contributed by atoms with Crippen LogP contribution in [-0.2, 0) is 0 Å². The first-order valence-electron chi connectivity index (χ1n) is 5.37. The zero-order valence-electron chi connectivity index (χ0n) is 9.87. The van der Waals surface area contributed by atoms with E-state index in [9.17, 15) is 0 Å². The zero-order chi connectivity index (χ0) is 11.7. The van der Waals surface area contributed by atoms with Crippen molar-refractivity contribution in [1.82, 2.24) is 4.40 Å². The lowest BCUT2D eigenvalue weighted by Gasteiger charge is -2.02. The second-order valence-corrected chi connectivity index (χ2v) is 3.73. The van der Waals surface area contributed by atoms with Crippen LogP contribution in [0.1, 0.15) is 12.6 Å². The number of rotatable bonds is 3. The van der Waals surface area contributed by atoms with Crippen molar-refractivity contribution in [1.29, 1.82) is 0 Å². The molecule has 2 aromatic rings. The standard InChI is InChI=1S/C12H17N3O/c1-4-14-12-8(2)15-6-5-9(16-3)7-10(15)11(12)13/h5-7,14H,4,13H2,1-3H3. The molecule has 0 amide bonds. The summed E-state index contributed by atoms with van der Waals surface area (Å²) >= 11 is 0. The number of aromatic nitrogens is 1. The van der Waals surface area contributed by atoms with Crippen molar-refractivity contribution in [2.45, 2.75) is 13.8 Å². The summed E-state index contributed by atoms with van der Waals surface area (Å²) < 4.78 is 7.26. The topological polar surface area (TPSA) is 51.7 Å². The van der Waals surface area contributed by atoms with Gasteiger partial charge in [-0.25, -0.2) is 0 Å². The number of hydrogen-bond donors (Lipinski definition) is 2.